The Hall–Kier alpha value is -3.77. The highest BCUT2D eigenvalue weighted by Crippen LogP contribution is 2.29. The van der Waals surface area contributed by atoms with Crippen LogP contribution in [-0.4, -0.2) is 86.1 Å². The van der Waals surface area contributed by atoms with Crippen molar-refractivity contribution < 1.29 is 32.6 Å². The van der Waals surface area contributed by atoms with E-state index in [0.717, 1.165) is 18.4 Å². The van der Waals surface area contributed by atoms with Gasteiger partial charge in [0.15, 0.2) is 0 Å². The van der Waals surface area contributed by atoms with Crippen LogP contribution in [0.15, 0.2) is 83.8 Å². The van der Waals surface area contributed by atoms with Crippen molar-refractivity contribution in [3.63, 3.8) is 0 Å². The molecule has 0 bridgehead atoms. The van der Waals surface area contributed by atoms with Gasteiger partial charge in [-0.2, -0.15) is 4.31 Å². The Morgan fingerprint density at radius 3 is 2.40 bits per heavy atom. The second-order valence-corrected chi connectivity index (χ2v) is 14.4. The van der Waals surface area contributed by atoms with Gasteiger partial charge in [0.2, 0.25) is 15.9 Å². The van der Waals surface area contributed by atoms with Gasteiger partial charge in [-0.25, -0.2) is 8.42 Å². The molecule has 2 amide bonds. The number of benzene rings is 3. The van der Waals surface area contributed by atoms with Gasteiger partial charge in [0, 0.05) is 38.3 Å². The summed E-state index contributed by atoms with van der Waals surface area (Å²) in [4.78, 5) is 29.0. The molecule has 10 nitrogen and oxygen atoms in total. The van der Waals surface area contributed by atoms with Crippen LogP contribution in [-0.2, 0) is 26.0 Å². The molecule has 254 valence electrons. The molecule has 0 unspecified atom stereocenters. The first-order valence-corrected chi connectivity index (χ1v) is 17.6. The van der Waals surface area contributed by atoms with Crippen molar-refractivity contribution in [2.75, 3.05) is 38.7 Å². The molecular formula is C36H47N3O7S. The number of likely N-dealkylation sites (N-methyl/N-ethyl adjacent to an activating group) is 1. The molecule has 1 aliphatic heterocycles. The minimum absolute atomic E-state index is 0.0849. The summed E-state index contributed by atoms with van der Waals surface area (Å²) in [6, 6.07) is 22.1. The molecule has 0 spiro atoms. The highest BCUT2D eigenvalue weighted by molar-refractivity contribution is 7.89. The largest absolute Gasteiger partial charge is 0.490 e. The summed E-state index contributed by atoms with van der Waals surface area (Å²) < 4.78 is 40.6. The smallest absolute Gasteiger partial charge is 0.258 e. The number of hydrogen-bond acceptors (Lipinski definition) is 7. The summed E-state index contributed by atoms with van der Waals surface area (Å²) in [6.07, 6.45) is 1.72. The van der Waals surface area contributed by atoms with E-state index in [1.807, 2.05) is 44.2 Å². The second-order valence-electron chi connectivity index (χ2n) is 12.3. The zero-order chi connectivity index (χ0) is 34.0. The van der Waals surface area contributed by atoms with E-state index in [9.17, 15) is 23.1 Å². The van der Waals surface area contributed by atoms with Crippen LogP contribution in [0.5, 0.6) is 5.75 Å². The number of hydrogen-bond donors (Lipinski definition) is 2. The highest BCUT2D eigenvalue weighted by atomic mass is 32.2. The molecular weight excluding hydrogens is 618 g/mol. The molecule has 3 aromatic rings. The van der Waals surface area contributed by atoms with Crippen molar-refractivity contribution in [1.82, 2.24) is 9.21 Å². The number of carbonyl (C=O) groups excluding carboxylic acids is 2. The average Bonchev–Trinajstić information content (AvgIpc) is 3.06. The van der Waals surface area contributed by atoms with Gasteiger partial charge in [-0.1, -0.05) is 55.5 Å². The lowest BCUT2D eigenvalue weighted by Crippen LogP contribution is -2.48. The topological polar surface area (TPSA) is 125 Å². The van der Waals surface area contributed by atoms with E-state index < -0.39 is 22.2 Å². The van der Waals surface area contributed by atoms with Crippen molar-refractivity contribution in [3.8, 4) is 5.75 Å². The molecule has 4 atom stereocenters. The van der Waals surface area contributed by atoms with Crippen LogP contribution < -0.4 is 10.1 Å². The fraction of sp³-hybridized carbons (Fsp3) is 0.444. The molecule has 0 saturated carbocycles. The molecule has 3 aromatic carbocycles. The summed E-state index contributed by atoms with van der Waals surface area (Å²) in [7, 11) is -2.23. The molecule has 4 rings (SSSR count). The number of sulfonamides is 1. The van der Waals surface area contributed by atoms with E-state index >= 15 is 0 Å². The number of rotatable bonds is 9. The number of nitrogens with zero attached hydrogens (tertiary/aromatic N) is 2. The predicted molar refractivity (Wildman–Crippen MR) is 182 cm³/mol. The predicted octanol–water partition coefficient (Wildman–Crippen LogP) is 4.98. The molecule has 1 heterocycles. The lowest BCUT2D eigenvalue weighted by Gasteiger charge is -2.35. The Bertz CT molecular complexity index is 1570. The van der Waals surface area contributed by atoms with Crippen LogP contribution in [0.2, 0.25) is 0 Å². The number of amides is 2. The maximum atomic E-state index is 14.3. The molecule has 0 aliphatic carbocycles. The molecule has 2 N–H and O–H groups in total. The summed E-state index contributed by atoms with van der Waals surface area (Å²) in [5.41, 5.74) is 1.58. The highest BCUT2D eigenvalue weighted by Gasteiger charge is 2.32. The fourth-order valence-electron chi connectivity index (χ4n) is 5.57. The monoisotopic (exact) mass is 665 g/mol. The van der Waals surface area contributed by atoms with E-state index in [4.69, 9.17) is 9.47 Å². The van der Waals surface area contributed by atoms with Gasteiger partial charge in [0.05, 0.1) is 41.7 Å². The molecule has 1 aliphatic rings. The first-order chi connectivity index (χ1) is 22.5. The van der Waals surface area contributed by atoms with E-state index in [1.54, 1.807) is 60.4 Å². The van der Waals surface area contributed by atoms with E-state index in [-0.39, 0.29) is 60.4 Å². The molecule has 47 heavy (non-hydrogen) atoms. The Kier molecular flexibility index (Phi) is 12.9. The third kappa shape index (κ3) is 9.87. The number of aliphatic hydroxyl groups excluding tert-OH is 1. The van der Waals surface area contributed by atoms with Crippen LogP contribution in [0.3, 0.4) is 0 Å². The van der Waals surface area contributed by atoms with Crippen LogP contribution in [0.4, 0.5) is 5.69 Å². The first-order valence-electron chi connectivity index (χ1n) is 16.2. The minimum atomic E-state index is -3.77. The Morgan fingerprint density at radius 2 is 1.72 bits per heavy atom. The zero-order valence-corrected chi connectivity index (χ0v) is 28.5. The number of anilines is 1. The summed E-state index contributed by atoms with van der Waals surface area (Å²) >= 11 is 0. The van der Waals surface area contributed by atoms with Gasteiger partial charge in [0.1, 0.15) is 5.75 Å². The van der Waals surface area contributed by atoms with E-state index in [2.05, 4.69) is 5.32 Å². The third-order valence-electron chi connectivity index (χ3n) is 8.43. The van der Waals surface area contributed by atoms with Crippen molar-refractivity contribution >= 4 is 27.5 Å². The lowest BCUT2D eigenvalue weighted by molar-refractivity contribution is -0.115. The summed E-state index contributed by atoms with van der Waals surface area (Å²) in [5, 5.41) is 13.1. The van der Waals surface area contributed by atoms with Crippen molar-refractivity contribution in [1.29, 1.82) is 0 Å². The quantitative estimate of drug-likeness (QED) is 0.330. The standard InChI is InChI=1S/C36H47N3O7S/c1-26-23-39(27(2)25-40)36(42)32-22-30(37-35(41)21-29-14-7-5-8-15-29)18-19-33(32)46-28(3)13-11-12-20-45-34(26)24-38(4)47(43,44)31-16-9-6-10-17-31/h5-10,14-19,22,26-28,34,40H,11-13,20-21,23-25H2,1-4H3,(H,37,41)/t26-,27+,28-,34-/m1/s1. The number of nitrogens with one attached hydrogen (secondary N) is 1. The molecule has 0 radical (unpaired) electrons. The van der Waals surface area contributed by atoms with Gasteiger partial charge in [-0.15, -0.1) is 0 Å². The second kappa shape index (κ2) is 16.9. The van der Waals surface area contributed by atoms with Gasteiger partial charge >= 0.3 is 0 Å². The normalized spacial score (nSPS) is 20.5. The first kappa shape index (κ1) is 36.1. The van der Waals surface area contributed by atoms with Crippen molar-refractivity contribution in [2.24, 2.45) is 5.92 Å². The number of fused-ring (bicyclic) bond motifs is 1. The van der Waals surface area contributed by atoms with Gasteiger partial charge in [0.25, 0.3) is 5.91 Å². The number of aliphatic hydroxyl groups is 1. The van der Waals surface area contributed by atoms with Gasteiger partial charge < -0.3 is 24.8 Å². The zero-order valence-electron chi connectivity index (χ0n) is 27.7. The molecule has 0 fully saturated rings. The summed E-state index contributed by atoms with van der Waals surface area (Å²) in [5.74, 6) is -0.505. The van der Waals surface area contributed by atoms with Gasteiger partial charge in [-0.3, -0.25) is 9.59 Å². The molecule has 0 saturated heterocycles. The van der Waals surface area contributed by atoms with Crippen LogP contribution >= 0.6 is 0 Å². The number of carbonyl (C=O) groups is 2. The third-order valence-corrected chi connectivity index (χ3v) is 10.3. The lowest BCUT2D eigenvalue weighted by atomic mass is 10.0. The van der Waals surface area contributed by atoms with Crippen LogP contribution in [0.1, 0.15) is 56.0 Å². The molecule has 11 heteroatoms. The van der Waals surface area contributed by atoms with E-state index in [1.165, 1.54) is 11.4 Å². The fourth-order valence-corrected chi connectivity index (χ4v) is 6.78. The Balaban J connectivity index is 1.63. The Labute approximate surface area is 278 Å². The minimum Gasteiger partial charge on any atom is -0.490 e. The maximum absolute atomic E-state index is 14.3. The summed E-state index contributed by atoms with van der Waals surface area (Å²) in [6.45, 7) is 6.03. The SMILES string of the molecule is C[C@@H]1CCCCO[C@H](CN(C)S(=O)(=O)c2ccccc2)[C@H](C)CN([C@@H](C)CO)C(=O)c2cc(NC(=O)Cc3ccccc3)ccc2O1. The van der Waals surface area contributed by atoms with Crippen molar-refractivity contribution in [3.05, 3.63) is 90.0 Å². The van der Waals surface area contributed by atoms with Crippen LogP contribution in [0, 0.1) is 5.92 Å². The Morgan fingerprint density at radius 1 is 1.04 bits per heavy atom. The van der Waals surface area contributed by atoms with Gasteiger partial charge in [-0.05, 0) is 69.0 Å². The van der Waals surface area contributed by atoms with Crippen LogP contribution in [0.25, 0.3) is 0 Å². The van der Waals surface area contributed by atoms with E-state index in [0.29, 0.717) is 24.5 Å². The average molecular weight is 666 g/mol. The molecule has 0 aromatic heterocycles. The number of ether oxygens (including phenoxy) is 2. The van der Waals surface area contributed by atoms with Crippen molar-refractivity contribution in [2.45, 2.75) is 69.6 Å². The maximum Gasteiger partial charge on any atom is 0.258 e.